The number of cyclic esters (lactones) is 1. The summed E-state index contributed by atoms with van der Waals surface area (Å²) in [5.74, 6) is 0.00546. The number of anilines is 1. The molecular weight excluding hydrogens is 390 g/mol. The fourth-order valence-corrected chi connectivity index (χ4v) is 4.17. The normalized spacial score (nSPS) is 17.2. The molecule has 0 unspecified atom stereocenters. The lowest BCUT2D eigenvalue weighted by Gasteiger charge is -2.30. The first-order valence-corrected chi connectivity index (χ1v) is 9.66. The molecule has 9 nitrogen and oxygen atoms in total. The number of rotatable bonds is 5. The van der Waals surface area contributed by atoms with Crippen LogP contribution in [0.3, 0.4) is 0 Å². The molecule has 0 saturated heterocycles. The van der Waals surface area contributed by atoms with Gasteiger partial charge in [-0.05, 0) is 12.5 Å². The molecule has 2 aliphatic heterocycles. The van der Waals surface area contributed by atoms with Crippen LogP contribution in [0.2, 0.25) is 0 Å². The van der Waals surface area contributed by atoms with Crippen LogP contribution in [0.1, 0.15) is 30.4 Å². The van der Waals surface area contributed by atoms with Gasteiger partial charge in [-0.2, -0.15) is 0 Å². The Bertz CT molecular complexity index is 1190. The number of carbonyl (C=O) groups excluding carboxylic acids is 1. The molecule has 0 saturated carbocycles. The molecule has 4 rings (SSSR count). The van der Waals surface area contributed by atoms with E-state index >= 15 is 0 Å². The number of nitrogens with zero attached hydrogens (tertiary/aromatic N) is 2. The number of methoxy groups -OCH3 is 2. The predicted octanol–water partition coefficient (Wildman–Crippen LogP) is 1.34. The van der Waals surface area contributed by atoms with Crippen molar-refractivity contribution in [2.45, 2.75) is 25.8 Å². The van der Waals surface area contributed by atoms with Gasteiger partial charge in [0.05, 0.1) is 37.0 Å². The molecule has 1 N–H and O–H groups in total. The molecule has 1 aromatic carbocycles. The van der Waals surface area contributed by atoms with Crippen LogP contribution in [0.5, 0.6) is 11.5 Å². The van der Waals surface area contributed by atoms with Gasteiger partial charge in [-0.3, -0.25) is 13.9 Å². The molecule has 0 fully saturated rings. The van der Waals surface area contributed by atoms with E-state index in [2.05, 4.69) is 5.32 Å². The minimum atomic E-state index is -0.765. The van der Waals surface area contributed by atoms with E-state index < -0.39 is 23.1 Å². The molecule has 30 heavy (non-hydrogen) atoms. The summed E-state index contributed by atoms with van der Waals surface area (Å²) in [6.45, 7) is 2.41. The zero-order chi connectivity index (χ0) is 21.6. The van der Waals surface area contributed by atoms with Crippen molar-refractivity contribution in [2.24, 2.45) is 7.05 Å². The highest BCUT2D eigenvalue weighted by Gasteiger charge is 2.43. The SMILES string of the molecule is CCCn1c2c(c(=O)n(C)c1=O)[C@H](c1cccc(OC)c1OC)C1=C(COC1=O)N2. The standard InChI is InChI=1S/C21H23N3O6/c1-5-9-24-18-16(19(25)23(2)21(24)27)14(15-12(22-18)10-30-20(15)26)11-7-6-8-13(28-3)17(11)29-4/h6-8,14,22H,5,9-10H2,1-4H3/t14-/m1/s1. The van der Waals surface area contributed by atoms with E-state index in [1.807, 2.05) is 6.92 Å². The average Bonchev–Trinajstić information content (AvgIpc) is 3.13. The Hall–Kier alpha value is -3.49. The molecule has 2 aliphatic rings. The lowest BCUT2D eigenvalue weighted by molar-refractivity contribution is -0.136. The first-order chi connectivity index (χ1) is 14.4. The third-order valence-corrected chi connectivity index (χ3v) is 5.51. The summed E-state index contributed by atoms with van der Waals surface area (Å²) in [5.41, 5.74) is 0.877. The second-order valence-corrected chi connectivity index (χ2v) is 7.17. The Kier molecular flexibility index (Phi) is 4.89. The van der Waals surface area contributed by atoms with Gasteiger partial charge in [0.15, 0.2) is 11.5 Å². The third-order valence-electron chi connectivity index (χ3n) is 5.51. The summed E-state index contributed by atoms with van der Waals surface area (Å²) in [7, 11) is 4.46. The van der Waals surface area contributed by atoms with E-state index in [4.69, 9.17) is 14.2 Å². The maximum Gasteiger partial charge on any atom is 0.337 e. The molecule has 1 aromatic heterocycles. The number of para-hydroxylation sites is 1. The number of fused-ring (bicyclic) bond motifs is 1. The van der Waals surface area contributed by atoms with Gasteiger partial charge in [-0.15, -0.1) is 0 Å². The lowest BCUT2D eigenvalue weighted by Crippen LogP contribution is -2.44. The van der Waals surface area contributed by atoms with Crippen molar-refractivity contribution in [1.82, 2.24) is 9.13 Å². The minimum Gasteiger partial charge on any atom is -0.493 e. The third kappa shape index (κ3) is 2.72. The maximum atomic E-state index is 13.3. The molecule has 2 aromatic rings. The number of nitrogens with one attached hydrogen (secondary N) is 1. The number of aromatic nitrogens is 2. The summed E-state index contributed by atoms with van der Waals surface area (Å²) in [5, 5.41) is 3.13. The van der Waals surface area contributed by atoms with Gasteiger partial charge in [0.25, 0.3) is 5.56 Å². The minimum absolute atomic E-state index is 0.0475. The summed E-state index contributed by atoms with van der Waals surface area (Å²) < 4.78 is 18.9. The summed E-state index contributed by atoms with van der Waals surface area (Å²) in [6, 6.07) is 5.29. The zero-order valence-corrected chi connectivity index (χ0v) is 17.3. The summed E-state index contributed by atoms with van der Waals surface area (Å²) >= 11 is 0. The molecular formula is C21H23N3O6. The topological polar surface area (TPSA) is 101 Å². The van der Waals surface area contributed by atoms with Crippen molar-refractivity contribution in [3.63, 3.8) is 0 Å². The molecule has 0 bridgehead atoms. The number of esters is 1. The van der Waals surface area contributed by atoms with E-state index in [-0.39, 0.29) is 6.61 Å². The lowest BCUT2D eigenvalue weighted by atomic mass is 9.82. The van der Waals surface area contributed by atoms with Crippen LogP contribution in [0.15, 0.2) is 39.1 Å². The highest BCUT2D eigenvalue weighted by atomic mass is 16.5. The van der Waals surface area contributed by atoms with Crippen LogP contribution in [0, 0.1) is 0 Å². The molecule has 9 heteroatoms. The highest BCUT2D eigenvalue weighted by Crippen LogP contribution is 2.47. The summed E-state index contributed by atoms with van der Waals surface area (Å²) in [6.07, 6.45) is 0.695. The Morgan fingerprint density at radius 2 is 1.97 bits per heavy atom. The van der Waals surface area contributed by atoms with Crippen molar-refractivity contribution >= 4 is 11.8 Å². The van der Waals surface area contributed by atoms with Crippen LogP contribution in [-0.4, -0.2) is 35.9 Å². The van der Waals surface area contributed by atoms with Gasteiger partial charge in [0.1, 0.15) is 12.4 Å². The van der Waals surface area contributed by atoms with E-state index in [9.17, 15) is 14.4 Å². The van der Waals surface area contributed by atoms with Gasteiger partial charge >= 0.3 is 11.7 Å². The van der Waals surface area contributed by atoms with Crippen molar-refractivity contribution in [3.05, 3.63) is 61.4 Å². The van der Waals surface area contributed by atoms with E-state index in [1.54, 1.807) is 18.2 Å². The number of ether oxygens (including phenoxy) is 3. The Balaban J connectivity index is 2.11. The Morgan fingerprint density at radius 1 is 1.20 bits per heavy atom. The van der Waals surface area contributed by atoms with Crippen molar-refractivity contribution in [2.75, 3.05) is 26.1 Å². The molecule has 158 valence electrons. The van der Waals surface area contributed by atoms with Gasteiger partial charge in [-0.1, -0.05) is 19.1 Å². The van der Waals surface area contributed by atoms with Crippen LogP contribution >= 0.6 is 0 Å². The predicted molar refractivity (Wildman–Crippen MR) is 109 cm³/mol. The van der Waals surface area contributed by atoms with Crippen molar-refractivity contribution < 1.29 is 19.0 Å². The van der Waals surface area contributed by atoms with Gasteiger partial charge in [0.2, 0.25) is 0 Å². The van der Waals surface area contributed by atoms with Crippen LogP contribution in [-0.2, 0) is 23.1 Å². The monoisotopic (exact) mass is 413 g/mol. The smallest absolute Gasteiger partial charge is 0.337 e. The number of benzene rings is 1. The van der Waals surface area contributed by atoms with E-state index in [1.165, 1.54) is 25.8 Å². The first kappa shape index (κ1) is 19.8. The molecule has 0 amide bonds. The van der Waals surface area contributed by atoms with Gasteiger partial charge in [0, 0.05) is 19.2 Å². The van der Waals surface area contributed by atoms with Crippen LogP contribution < -0.4 is 26.0 Å². The van der Waals surface area contributed by atoms with E-state index in [0.29, 0.717) is 52.7 Å². The van der Waals surface area contributed by atoms with Gasteiger partial charge < -0.3 is 19.5 Å². The number of hydrogen-bond acceptors (Lipinski definition) is 7. The zero-order valence-electron chi connectivity index (χ0n) is 17.3. The fraction of sp³-hybridized carbons (Fsp3) is 0.381. The molecule has 1 atom stereocenters. The molecule has 0 aliphatic carbocycles. The molecule has 0 radical (unpaired) electrons. The second kappa shape index (κ2) is 7.40. The summed E-state index contributed by atoms with van der Waals surface area (Å²) in [4.78, 5) is 38.7. The Morgan fingerprint density at radius 3 is 2.63 bits per heavy atom. The van der Waals surface area contributed by atoms with Crippen molar-refractivity contribution in [3.8, 4) is 11.5 Å². The largest absolute Gasteiger partial charge is 0.493 e. The average molecular weight is 413 g/mol. The number of hydrogen-bond donors (Lipinski definition) is 1. The quantitative estimate of drug-likeness (QED) is 0.739. The molecule has 0 spiro atoms. The van der Waals surface area contributed by atoms with E-state index in [0.717, 1.165) is 4.57 Å². The van der Waals surface area contributed by atoms with Gasteiger partial charge in [-0.25, -0.2) is 9.59 Å². The number of carbonyl (C=O) groups is 1. The maximum absolute atomic E-state index is 13.3. The molecule has 3 heterocycles. The first-order valence-electron chi connectivity index (χ1n) is 9.66. The van der Waals surface area contributed by atoms with Crippen LogP contribution in [0.25, 0.3) is 0 Å². The van der Waals surface area contributed by atoms with Crippen molar-refractivity contribution in [1.29, 1.82) is 0 Å². The second-order valence-electron chi connectivity index (χ2n) is 7.17. The van der Waals surface area contributed by atoms with Crippen LogP contribution in [0.4, 0.5) is 5.82 Å². The highest BCUT2D eigenvalue weighted by molar-refractivity contribution is 5.97. The Labute approximate surface area is 172 Å². The fourth-order valence-electron chi connectivity index (χ4n) is 4.17.